The van der Waals surface area contributed by atoms with Gasteiger partial charge in [0.25, 0.3) is 5.91 Å². The zero-order valence-electron chi connectivity index (χ0n) is 16.7. The minimum absolute atomic E-state index is 0.0226. The zero-order valence-corrected chi connectivity index (χ0v) is 16.7. The molecular formula is C21H29N5O. The Bertz CT molecular complexity index is 797. The monoisotopic (exact) mass is 367 g/mol. The summed E-state index contributed by atoms with van der Waals surface area (Å²) in [5.41, 5.74) is 4.34. The van der Waals surface area contributed by atoms with E-state index in [0.29, 0.717) is 30.6 Å². The van der Waals surface area contributed by atoms with Crippen LogP contribution in [0.5, 0.6) is 0 Å². The highest BCUT2D eigenvalue weighted by Gasteiger charge is 2.24. The lowest BCUT2D eigenvalue weighted by atomic mass is 10.1. The van der Waals surface area contributed by atoms with Crippen LogP contribution in [0.1, 0.15) is 35.5 Å². The number of carbonyl (C=O) groups is 1. The number of nitrogens with zero attached hydrogens (tertiary/aromatic N) is 4. The first-order chi connectivity index (χ1) is 13.0. The predicted molar refractivity (Wildman–Crippen MR) is 109 cm³/mol. The summed E-state index contributed by atoms with van der Waals surface area (Å²) >= 11 is 0. The molecule has 0 radical (unpaired) electrons. The van der Waals surface area contributed by atoms with Crippen molar-refractivity contribution < 1.29 is 4.79 Å². The minimum atomic E-state index is -0.0226. The molecule has 27 heavy (non-hydrogen) atoms. The Morgan fingerprint density at radius 3 is 2.59 bits per heavy atom. The number of piperazine rings is 1. The summed E-state index contributed by atoms with van der Waals surface area (Å²) in [5.74, 6) is 0.986. The minimum Gasteiger partial charge on any atom is -0.368 e. The Kier molecular flexibility index (Phi) is 5.94. The van der Waals surface area contributed by atoms with Gasteiger partial charge in [0, 0.05) is 44.6 Å². The maximum atomic E-state index is 12.8. The Balaban J connectivity index is 1.63. The van der Waals surface area contributed by atoms with Gasteiger partial charge in [0.15, 0.2) is 0 Å². The quantitative estimate of drug-likeness (QED) is 0.880. The molecule has 1 N–H and O–H groups in total. The third-order valence-electron chi connectivity index (χ3n) is 5.03. The molecule has 6 heteroatoms. The second-order valence-corrected chi connectivity index (χ2v) is 7.54. The molecule has 0 spiro atoms. The van der Waals surface area contributed by atoms with Gasteiger partial charge in [0.1, 0.15) is 5.69 Å². The van der Waals surface area contributed by atoms with Gasteiger partial charge in [0.05, 0.1) is 0 Å². The largest absolute Gasteiger partial charge is 0.368 e. The summed E-state index contributed by atoms with van der Waals surface area (Å²) in [6.45, 7) is 12.4. The van der Waals surface area contributed by atoms with Crippen LogP contribution >= 0.6 is 0 Å². The molecule has 1 aromatic heterocycles. The van der Waals surface area contributed by atoms with E-state index in [0.717, 1.165) is 19.6 Å². The van der Waals surface area contributed by atoms with Crippen LogP contribution < -0.4 is 10.2 Å². The SMILES string of the molecule is Cc1cccc(N2CCN(C(=O)c3ccnc(NCC(C)C)n3)CC2)c1C. The lowest BCUT2D eigenvalue weighted by Crippen LogP contribution is -2.49. The number of aromatic nitrogens is 2. The highest BCUT2D eigenvalue weighted by molar-refractivity contribution is 5.92. The number of benzene rings is 1. The average molecular weight is 367 g/mol. The van der Waals surface area contributed by atoms with Crippen LogP contribution in [0.3, 0.4) is 0 Å². The molecule has 0 bridgehead atoms. The second kappa shape index (κ2) is 8.37. The second-order valence-electron chi connectivity index (χ2n) is 7.54. The van der Waals surface area contributed by atoms with Crippen LogP contribution in [0.15, 0.2) is 30.5 Å². The molecular weight excluding hydrogens is 338 g/mol. The average Bonchev–Trinajstić information content (AvgIpc) is 2.68. The normalized spacial score (nSPS) is 14.6. The molecule has 144 valence electrons. The van der Waals surface area contributed by atoms with E-state index in [1.165, 1.54) is 16.8 Å². The fraction of sp³-hybridized carbons (Fsp3) is 0.476. The maximum absolute atomic E-state index is 12.8. The number of hydrogen-bond donors (Lipinski definition) is 1. The lowest BCUT2D eigenvalue weighted by Gasteiger charge is -2.37. The predicted octanol–water partition coefficient (Wildman–Crippen LogP) is 3.12. The Morgan fingerprint density at radius 2 is 1.89 bits per heavy atom. The number of rotatable bonds is 5. The van der Waals surface area contributed by atoms with Gasteiger partial charge in [-0.2, -0.15) is 0 Å². The molecule has 0 aliphatic carbocycles. The first-order valence-corrected chi connectivity index (χ1v) is 9.63. The van der Waals surface area contributed by atoms with Gasteiger partial charge in [-0.3, -0.25) is 4.79 Å². The van der Waals surface area contributed by atoms with Crippen molar-refractivity contribution in [3.63, 3.8) is 0 Å². The van der Waals surface area contributed by atoms with Crippen LogP contribution in [-0.2, 0) is 0 Å². The third kappa shape index (κ3) is 4.56. The van der Waals surface area contributed by atoms with Crippen LogP contribution in [0.4, 0.5) is 11.6 Å². The molecule has 1 amide bonds. The van der Waals surface area contributed by atoms with E-state index in [-0.39, 0.29) is 5.91 Å². The molecule has 1 fully saturated rings. The summed E-state index contributed by atoms with van der Waals surface area (Å²) in [4.78, 5) is 25.7. The Labute approximate surface area is 161 Å². The summed E-state index contributed by atoms with van der Waals surface area (Å²) < 4.78 is 0. The van der Waals surface area contributed by atoms with Crippen molar-refractivity contribution in [2.45, 2.75) is 27.7 Å². The van der Waals surface area contributed by atoms with Gasteiger partial charge in [-0.05, 0) is 43.0 Å². The number of carbonyl (C=O) groups excluding carboxylic acids is 1. The van der Waals surface area contributed by atoms with E-state index in [4.69, 9.17) is 0 Å². The van der Waals surface area contributed by atoms with E-state index in [1.807, 2.05) is 4.90 Å². The molecule has 1 aliphatic rings. The number of nitrogens with one attached hydrogen (secondary N) is 1. The fourth-order valence-corrected chi connectivity index (χ4v) is 3.25. The van der Waals surface area contributed by atoms with Crippen LogP contribution in [0.2, 0.25) is 0 Å². The highest BCUT2D eigenvalue weighted by Crippen LogP contribution is 2.24. The molecule has 1 saturated heterocycles. The highest BCUT2D eigenvalue weighted by atomic mass is 16.2. The van der Waals surface area contributed by atoms with E-state index in [9.17, 15) is 4.79 Å². The first-order valence-electron chi connectivity index (χ1n) is 9.63. The van der Waals surface area contributed by atoms with E-state index in [1.54, 1.807) is 12.3 Å². The molecule has 6 nitrogen and oxygen atoms in total. The number of amides is 1. The van der Waals surface area contributed by atoms with Gasteiger partial charge < -0.3 is 15.1 Å². The summed E-state index contributed by atoms with van der Waals surface area (Å²) in [5, 5.41) is 3.18. The van der Waals surface area contributed by atoms with Crippen molar-refractivity contribution >= 4 is 17.5 Å². The molecule has 1 aliphatic heterocycles. The molecule has 3 rings (SSSR count). The Hall–Kier alpha value is -2.63. The first kappa shape index (κ1) is 19.1. The molecule has 2 aromatic rings. The van der Waals surface area contributed by atoms with Gasteiger partial charge in [-0.15, -0.1) is 0 Å². The van der Waals surface area contributed by atoms with E-state index in [2.05, 4.69) is 66.1 Å². The van der Waals surface area contributed by atoms with Crippen molar-refractivity contribution in [1.29, 1.82) is 0 Å². The van der Waals surface area contributed by atoms with E-state index < -0.39 is 0 Å². The fourth-order valence-electron chi connectivity index (χ4n) is 3.25. The Morgan fingerprint density at radius 1 is 1.15 bits per heavy atom. The van der Waals surface area contributed by atoms with Crippen LogP contribution in [-0.4, -0.2) is 53.5 Å². The van der Waals surface area contributed by atoms with Gasteiger partial charge in [0.2, 0.25) is 5.95 Å². The van der Waals surface area contributed by atoms with Crippen molar-refractivity contribution in [1.82, 2.24) is 14.9 Å². The van der Waals surface area contributed by atoms with Gasteiger partial charge in [-0.25, -0.2) is 9.97 Å². The topological polar surface area (TPSA) is 61.4 Å². The molecule has 0 unspecified atom stereocenters. The number of hydrogen-bond acceptors (Lipinski definition) is 5. The standard InChI is InChI=1S/C21H29N5O/c1-15(2)14-23-21-22-9-8-18(24-21)20(27)26-12-10-25(11-13-26)19-7-5-6-16(3)17(19)4/h5-9,15H,10-14H2,1-4H3,(H,22,23,24). The molecule has 2 heterocycles. The number of anilines is 2. The molecule has 0 atom stereocenters. The van der Waals surface area contributed by atoms with Crippen molar-refractivity contribution in [3.05, 3.63) is 47.3 Å². The van der Waals surface area contributed by atoms with Gasteiger partial charge >= 0.3 is 0 Å². The summed E-state index contributed by atoms with van der Waals surface area (Å²) in [6, 6.07) is 8.09. The van der Waals surface area contributed by atoms with Crippen LogP contribution in [0, 0.1) is 19.8 Å². The molecule has 1 aromatic carbocycles. The smallest absolute Gasteiger partial charge is 0.272 e. The summed E-state index contributed by atoms with van der Waals surface area (Å²) in [7, 11) is 0. The van der Waals surface area contributed by atoms with Crippen LogP contribution in [0.25, 0.3) is 0 Å². The van der Waals surface area contributed by atoms with Crippen molar-refractivity contribution in [2.24, 2.45) is 5.92 Å². The van der Waals surface area contributed by atoms with E-state index >= 15 is 0 Å². The lowest BCUT2D eigenvalue weighted by molar-refractivity contribution is 0.0741. The van der Waals surface area contributed by atoms with Gasteiger partial charge in [-0.1, -0.05) is 26.0 Å². The molecule has 0 saturated carbocycles. The zero-order chi connectivity index (χ0) is 19.4. The number of aryl methyl sites for hydroxylation is 1. The van der Waals surface area contributed by atoms with Crippen molar-refractivity contribution in [2.75, 3.05) is 42.9 Å². The summed E-state index contributed by atoms with van der Waals surface area (Å²) in [6.07, 6.45) is 1.65. The maximum Gasteiger partial charge on any atom is 0.272 e. The van der Waals surface area contributed by atoms with Crippen molar-refractivity contribution in [3.8, 4) is 0 Å². The third-order valence-corrected chi connectivity index (χ3v) is 5.03.